The van der Waals surface area contributed by atoms with Gasteiger partial charge in [-0.15, -0.1) is 0 Å². The second-order valence-corrected chi connectivity index (χ2v) is 5.77. The summed E-state index contributed by atoms with van der Waals surface area (Å²) in [6.07, 6.45) is 0.862. The van der Waals surface area contributed by atoms with Crippen molar-refractivity contribution in [2.75, 3.05) is 17.2 Å². The predicted molar refractivity (Wildman–Crippen MR) is 93.4 cm³/mol. The quantitative estimate of drug-likeness (QED) is 0.467. The Morgan fingerprint density at radius 2 is 1.36 bits per heavy atom. The van der Waals surface area contributed by atoms with E-state index in [4.69, 9.17) is 17.2 Å². The Kier molecular flexibility index (Phi) is 2.63. The summed E-state index contributed by atoms with van der Waals surface area (Å²) in [4.78, 5) is 0. The lowest BCUT2D eigenvalue weighted by molar-refractivity contribution is 1.27. The molecule has 0 heterocycles. The zero-order chi connectivity index (χ0) is 15.3. The van der Waals surface area contributed by atoms with E-state index in [0.717, 1.165) is 34.6 Å². The maximum Gasteiger partial charge on any atom is 0.0397 e. The van der Waals surface area contributed by atoms with Crippen molar-refractivity contribution >= 4 is 17.1 Å². The molecule has 22 heavy (non-hydrogen) atoms. The van der Waals surface area contributed by atoms with Gasteiger partial charge in [-0.05, 0) is 64.6 Å². The first-order chi connectivity index (χ1) is 10.6. The van der Waals surface area contributed by atoms with Gasteiger partial charge in [0.25, 0.3) is 0 Å². The second kappa shape index (κ2) is 4.53. The Bertz CT molecular complexity index is 880. The summed E-state index contributed by atoms with van der Waals surface area (Å²) >= 11 is 0. The number of nitrogens with two attached hydrogens (primary N) is 3. The van der Waals surface area contributed by atoms with E-state index in [0.29, 0.717) is 0 Å². The molecule has 3 aromatic rings. The third kappa shape index (κ3) is 1.83. The molecule has 3 heteroatoms. The summed E-state index contributed by atoms with van der Waals surface area (Å²) in [6.45, 7) is 0. The molecule has 0 bridgehead atoms. The van der Waals surface area contributed by atoms with Crippen LogP contribution >= 0.6 is 0 Å². The van der Waals surface area contributed by atoms with Gasteiger partial charge in [-0.3, -0.25) is 0 Å². The van der Waals surface area contributed by atoms with Gasteiger partial charge in [0.05, 0.1) is 0 Å². The SMILES string of the molecule is Nc1ccc(-c2c(N)ccc3c2Cc2cc(N)ccc2-3)cc1. The van der Waals surface area contributed by atoms with Crippen molar-refractivity contribution < 1.29 is 0 Å². The van der Waals surface area contributed by atoms with Gasteiger partial charge in [0.1, 0.15) is 0 Å². The van der Waals surface area contributed by atoms with Gasteiger partial charge < -0.3 is 17.2 Å². The summed E-state index contributed by atoms with van der Waals surface area (Å²) in [5.41, 5.74) is 27.6. The fourth-order valence-electron chi connectivity index (χ4n) is 3.31. The topological polar surface area (TPSA) is 78.1 Å². The van der Waals surface area contributed by atoms with E-state index >= 15 is 0 Å². The van der Waals surface area contributed by atoms with Crippen molar-refractivity contribution in [3.05, 3.63) is 65.7 Å². The van der Waals surface area contributed by atoms with Crippen LogP contribution in [0.3, 0.4) is 0 Å². The third-order valence-electron chi connectivity index (χ3n) is 4.33. The van der Waals surface area contributed by atoms with Crippen LogP contribution in [0.5, 0.6) is 0 Å². The number of hydrogen-bond donors (Lipinski definition) is 3. The Morgan fingerprint density at radius 1 is 0.682 bits per heavy atom. The lowest BCUT2D eigenvalue weighted by Gasteiger charge is -2.12. The highest BCUT2D eigenvalue weighted by molar-refractivity contribution is 5.91. The average Bonchev–Trinajstić information content (AvgIpc) is 2.85. The van der Waals surface area contributed by atoms with Crippen molar-refractivity contribution in [3.8, 4) is 22.3 Å². The lowest BCUT2D eigenvalue weighted by Crippen LogP contribution is -1.96. The van der Waals surface area contributed by atoms with E-state index < -0.39 is 0 Å². The predicted octanol–water partition coefficient (Wildman–Crippen LogP) is 3.67. The molecule has 1 aliphatic rings. The molecule has 6 N–H and O–H groups in total. The fraction of sp³-hybridized carbons (Fsp3) is 0.0526. The Hall–Kier alpha value is -2.94. The molecular formula is C19H17N3. The molecule has 0 fully saturated rings. The lowest BCUT2D eigenvalue weighted by atomic mass is 9.94. The number of rotatable bonds is 1. The highest BCUT2D eigenvalue weighted by Crippen LogP contribution is 2.44. The highest BCUT2D eigenvalue weighted by atomic mass is 14.6. The molecule has 3 nitrogen and oxygen atoms in total. The van der Waals surface area contributed by atoms with Crippen molar-refractivity contribution in [1.82, 2.24) is 0 Å². The second-order valence-electron chi connectivity index (χ2n) is 5.77. The van der Waals surface area contributed by atoms with Crippen molar-refractivity contribution in [1.29, 1.82) is 0 Å². The standard InChI is InChI=1S/C19H17N3/c20-13-3-1-11(2-4-13)19-17-10-12-9-14(21)5-6-15(12)16(17)7-8-18(19)22/h1-9H,10,20-22H2. The molecule has 0 radical (unpaired) electrons. The molecule has 0 saturated heterocycles. The summed E-state index contributed by atoms with van der Waals surface area (Å²) in [7, 11) is 0. The van der Waals surface area contributed by atoms with Crippen LogP contribution in [0.4, 0.5) is 17.1 Å². The minimum absolute atomic E-state index is 0.756. The van der Waals surface area contributed by atoms with Gasteiger partial charge in [0, 0.05) is 22.6 Å². The molecule has 1 aliphatic carbocycles. The van der Waals surface area contributed by atoms with Crippen LogP contribution in [-0.4, -0.2) is 0 Å². The normalized spacial score (nSPS) is 12.0. The van der Waals surface area contributed by atoms with E-state index in [9.17, 15) is 0 Å². The Balaban J connectivity index is 1.94. The largest absolute Gasteiger partial charge is 0.399 e. The summed E-state index contributed by atoms with van der Waals surface area (Å²) in [5, 5.41) is 0. The monoisotopic (exact) mass is 287 g/mol. The summed E-state index contributed by atoms with van der Waals surface area (Å²) < 4.78 is 0. The molecular weight excluding hydrogens is 270 g/mol. The van der Waals surface area contributed by atoms with Gasteiger partial charge in [-0.2, -0.15) is 0 Å². The van der Waals surface area contributed by atoms with Gasteiger partial charge in [0.15, 0.2) is 0 Å². The number of fused-ring (bicyclic) bond motifs is 3. The minimum Gasteiger partial charge on any atom is -0.399 e. The van der Waals surface area contributed by atoms with E-state index in [2.05, 4.69) is 18.2 Å². The van der Waals surface area contributed by atoms with Crippen molar-refractivity contribution in [3.63, 3.8) is 0 Å². The van der Waals surface area contributed by atoms with Crippen LogP contribution in [-0.2, 0) is 6.42 Å². The number of hydrogen-bond acceptors (Lipinski definition) is 3. The number of nitrogen functional groups attached to an aromatic ring is 3. The molecule has 0 spiro atoms. The molecule has 0 saturated carbocycles. The van der Waals surface area contributed by atoms with Gasteiger partial charge >= 0.3 is 0 Å². The van der Waals surface area contributed by atoms with Crippen LogP contribution in [0.15, 0.2) is 54.6 Å². The van der Waals surface area contributed by atoms with E-state index in [1.165, 1.54) is 22.3 Å². The fourth-order valence-corrected chi connectivity index (χ4v) is 3.31. The van der Waals surface area contributed by atoms with Crippen molar-refractivity contribution in [2.45, 2.75) is 6.42 Å². The average molecular weight is 287 g/mol. The molecule has 4 rings (SSSR count). The zero-order valence-corrected chi connectivity index (χ0v) is 12.1. The van der Waals surface area contributed by atoms with Crippen LogP contribution in [0, 0.1) is 0 Å². The van der Waals surface area contributed by atoms with Crippen LogP contribution in [0.1, 0.15) is 11.1 Å². The van der Waals surface area contributed by atoms with Crippen molar-refractivity contribution in [2.24, 2.45) is 0 Å². The molecule has 0 aromatic heterocycles. The maximum atomic E-state index is 6.27. The third-order valence-corrected chi connectivity index (χ3v) is 4.33. The molecule has 0 unspecified atom stereocenters. The number of anilines is 3. The molecule has 108 valence electrons. The first-order valence-electron chi connectivity index (χ1n) is 7.29. The highest BCUT2D eigenvalue weighted by Gasteiger charge is 2.23. The van der Waals surface area contributed by atoms with E-state index in [-0.39, 0.29) is 0 Å². The van der Waals surface area contributed by atoms with Gasteiger partial charge in [-0.1, -0.05) is 24.3 Å². The maximum absolute atomic E-state index is 6.27. The molecule has 0 atom stereocenters. The first-order valence-corrected chi connectivity index (χ1v) is 7.29. The Labute approximate surface area is 129 Å². The van der Waals surface area contributed by atoms with E-state index in [1.807, 2.05) is 36.4 Å². The minimum atomic E-state index is 0.756. The summed E-state index contributed by atoms with van der Waals surface area (Å²) in [5.74, 6) is 0. The summed E-state index contributed by atoms with van der Waals surface area (Å²) in [6, 6.07) is 18.1. The smallest absolute Gasteiger partial charge is 0.0397 e. The molecule has 0 aliphatic heterocycles. The van der Waals surface area contributed by atoms with Gasteiger partial charge in [0.2, 0.25) is 0 Å². The van der Waals surface area contributed by atoms with Gasteiger partial charge in [-0.25, -0.2) is 0 Å². The van der Waals surface area contributed by atoms with E-state index in [1.54, 1.807) is 0 Å². The van der Waals surface area contributed by atoms with Crippen LogP contribution in [0.2, 0.25) is 0 Å². The molecule has 0 amide bonds. The molecule has 3 aromatic carbocycles. The Morgan fingerprint density at radius 3 is 2.14 bits per heavy atom. The number of benzene rings is 3. The zero-order valence-electron chi connectivity index (χ0n) is 12.1. The van der Waals surface area contributed by atoms with Crippen LogP contribution < -0.4 is 17.2 Å². The first kappa shape index (κ1) is 12.8. The van der Waals surface area contributed by atoms with Crippen LogP contribution in [0.25, 0.3) is 22.3 Å².